The van der Waals surface area contributed by atoms with Gasteiger partial charge in [-0.2, -0.15) is 0 Å². The van der Waals surface area contributed by atoms with Gasteiger partial charge in [0.05, 0.1) is 9.80 Å². The van der Waals surface area contributed by atoms with Gasteiger partial charge in [0.15, 0.2) is 0 Å². The minimum Gasteiger partial charge on any atom is -0.410 e. The molecule has 1 heterocycles. The fourth-order valence-electron chi connectivity index (χ4n) is 2.23. The largest absolute Gasteiger partial charge is 0.410 e. The molecule has 0 aliphatic carbocycles. The van der Waals surface area contributed by atoms with Crippen molar-refractivity contribution in [2.75, 3.05) is 0 Å². The smallest absolute Gasteiger partial charge is 0.207 e. The number of rotatable bonds is 1. The van der Waals surface area contributed by atoms with Gasteiger partial charge in [-0.15, -0.1) is 0 Å². The first kappa shape index (κ1) is 12.6. The van der Waals surface area contributed by atoms with E-state index >= 15 is 0 Å². The summed E-state index contributed by atoms with van der Waals surface area (Å²) in [7, 11) is -3.61. The highest BCUT2D eigenvalue weighted by molar-refractivity contribution is 8.00. The number of allylic oxidation sites excluding steroid dienone is 1. The predicted molar refractivity (Wildman–Crippen MR) is 76.4 cm³/mol. The van der Waals surface area contributed by atoms with Gasteiger partial charge in [0.2, 0.25) is 9.84 Å². The van der Waals surface area contributed by atoms with Gasteiger partial charge in [-0.05, 0) is 17.7 Å². The van der Waals surface area contributed by atoms with E-state index in [1.807, 2.05) is 6.07 Å². The van der Waals surface area contributed by atoms with Gasteiger partial charge in [-0.3, -0.25) is 0 Å². The zero-order valence-corrected chi connectivity index (χ0v) is 11.2. The molecule has 100 valence electrons. The molecule has 3 rings (SSSR count). The molecular weight excluding hydrogens is 274 g/mol. The fourth-order valence-corrected chi connectivity index (χ4v) is 3.90. The molecule has 0 aromatic heterocycles. The summed E-state index contributed by atoms with van der Waals surface area (Å²) < 4.78 is 25.3. The van der Waals surface area contributed by atoms with Crippen molar-refractivity contribution in [3.05, 3.63) is 71.8 Å². The molecule has 2 aromatic rings. The van der Waals surface area contributed by atoms with Crippen LogP contribution in [0.25, 0.3) is 4.91 Å². The van der Waals surface area contributed by atoms with E-state index in [0.717, 1.165) is 0 Å². The minimum absolute atomic E-state index is 0.143. The molecular formula is C15H11NO3S. The van der Waals surface area contributed by atoms with E-state index in [1.54, 1.807) is 42.5 Å². The van der Waals surface area contributed by atoms with Crippen LogP contribution in [0.3, 0.4) is 0 Å². The first-order chi connectivity index (χ1) is 9.64. The molecule has 1 aliphatic heterocycles. The van der Waals surface area contributed by atoms with Crippen LogP contribution in [0, 0.1) is 0 Å². The summed E-state index contributed by atoms with van der Waals surface area (Å²) >= 11 is 0. The quantitative estimate of drug-likeness (QED) is 0.647. The summed E-state index contributed by atoms with van der Waals surface area (Å²) in [6.07, 6.45) is 1.40. The molecule has 2 aromatic carbocycles. The van der Waals surface area contributed by atoms with Crippen LogP contribution in [0.2, 0.25) is 0 Å². The Balaban J connectivity index is 2.32. The highest BCUT2D eigenvalue weighted by Gasteiger charge is 2.31. The number of hydrogen-bond acceptors (Lipinski definition) is 4. The highest BCUT2D eigenvalue weighted by atomic mass is 32.2. The summed E-state index contributed by atoms with van der Waals surface area (Å²) in [5.74, 6) is 0. The molecule has 0 saturated heterocycles. The van der Waals surface area contributed by atoms with Crippen LogP contribution in [-0.4, -0.2) is 19.3 Å². The van der Waals surface area contributed by atoms with Crippen LogP contribution in [0.15, 0.2) is 70.7 Å². The van der Waals surface area contributed by atoms with Crippen LogP contribution in [-0.2, 0) is 9.84 Å². The maximum atomic E-state index is 12.7. The van der Waals surface area contributed by atoms with E-state index in [-0.39, 0.29) is 15.5 Å². The van der Waals surface area contributed by atoms with Crippen LogP contribution in [0.5, 0.6) is 0 Å². The van der Waals surface area contributed by atoms with E-state index < -0.39 is 9.84 Å². The van der Waals surface area contributed by atoms with Gasteiger partial charge in [-0.25, -0.2) is 8.42 Å². The highest BCUT2D eigenvalue weighted by Crippen LogP contribution is 2.34. The molecule has 0 unspecified atom stereocenters. The first-order valence-electron chi connectivity index (χ1n) is 5.98. The number of fused-ring (bicyclic) bond motifs is 1. The van der Waals surface area contributed by atoms with Crippen molar-refractivity contribution in [2.24, 2.45) is 5.16 Å². The number of hydrogen-bond donors (Lipinski definition) is 1. The van der Waals surface area contributed by atoms with Crippen molar-refractivity contribution in [1.82, 2.24) is 0 Å². The van der Waals surface area contributed by atoms with Gasteiger partial charge < -0.3 is 5.21 Å². The second-order valence-electron chi connectivity index (χ2n) is 4.36. The Kier molecular flexibility index (Phi) is 2.91. The third-order valence-electron chi connectivity index (χ3n) is 3.18. The van der Waals surface area contributed by atoms with E-state index in [4.69, 9.17) is 5.21 Å². The lowest BCUT2D eigenvalue weighted by Gasteiger charge is -2.18. The Labute approximate surface area is 116 Å². The van der Waals surface area contributed by atoms with Crippen molar-refractivity contribution < 1.29 is 13.6 Å². The van der Waals surface area contributed by atoms with Gasteiger partial charge >= 0.3 is 0 Å². The fraction of sp³-hybridized carbons (Fsp3) is 0. The predicted octanol–water partition coefficient (Wildman–Crippen LogP) is 2.69. The summed E-state index contributed by atoms with van der Waals surface area (Å²) in [5.41, 5.74) is 1.23. The van der Waals surface area contributed by atoms with Crippen molar-refractivity contribution in [1.29, 1.82) is 0 Å². The van der Waals surface area contributed by atoms with Crippen molar-refractivity contribution in [3.63, 3.8) is 0 Å². The minimum atomic E-state index is -3.61. The number of sulfone groups is 1. The van der Waals surface area contributed by atoms with E-state index in [2.05, 4.69) is 5.16 Å². The van der Waals surface area contributed by atoms with Crippen LogP contribution in [0.4, 0.5) is 0 Å². The average Bonchev–Trinajstić information content (AvgIpc) is 2.48. The molecule has 1 aliphatic rings. The third kappa shape index (κ3) is 1.83. The maximum Gasteiger partial charge on any atom is 0.207 e. The van der Waals surface area contributed by atoms with Gasteiger partial charge in [0, 0.05) is 5.56 Å². The summed E-state index contributed by atoms with van der Waals surface area (Å²) in [6, 6.07) is 15.3. The Hall–Kier alpha value is -2.40. The second kappa shape index (κ2) is 4.61. The van der Waals surface area contributed by atoms with E-state index in [0.29, 0.717) is 11.1 Å². The van der Waals surface area contributed by atoms with Crippen molar-refractivity contribution >= 4 is 20.5 Å². The average molecular weight is 285 g/mol. The second-order valence-corrected chi connectivity index (χ2v) is 6.25. The summed E-state index contributed by atoms with van der Waals surface area (Å²) in [5, 5.41) is 12.3. The van der Waals surface area contributed by atoms with Gasteiger partial charge in [0.25, 0.3) is 0 Å². The van der Waals surface area contributed by atoms with Crippen LogP contribution < -0.4 is 0 Å². The number of nitrogens with zero attached hydrogens (tertiary/aromatic N) is 1. The molecule has 20 heavy (non-hydrogen) atoms. The molecule has 5 heteroatoms. The topological polar surface area (TPSA) is 66.7 Å². The lowest BCUT2D eigenvalue weighted by atomic mass is 10.1. The molecule has 0 saturated carbocycles. The maximum absolute atomic E-state index is 12.7. The van der Waals surface area contributed by atoms with Crippen LogP contribution >= 0.6 is 0 Å². The molecule has 0 fully saturated rings. The Morgan fingerprint density at radius 3 is 2.25 bits per heavy atom. The van der Waals surface area contributed by atoms with Crippen molar-refractivity contribution in [2.45, 2.75) is 4.90 Å². The number of oxime groups is 1. The zero-order valence-electron chi connectivity index (χ0n) is 10.4. The lowest BCUT2D eigenvalue weighted by Crippen LogP contribution is -2.16. The lowest BCUT2D eigenvalue weighted by molar-refractivity contribution is 0.320. The Morgan fingerprint density at radius 2 is 1.55 bits per heavy atom. The zero-order chi connectivity index (χ0) is 14.2. The monoisotopic (exact) mass is 285 g/mol. The Morgan fingerprint density at radius 1 is 0.900 bits per heavy atom. The molecule has 0 radical (unpaired) electrons. The molecule has 0 spiro atoms. The first-order valence-corrected chi connectivity index (χ1v) is 7.46. The molecule has 0 atom stereocenters. The van der Waals surface area contributed by atoms with E-state index in [9.17, 15) is 8.42 Å². The van der Waals surface area contributed by atoms with Gasteiger partial charge in [0.1, 0.15) is 5.71 Å². The van der Waals surface area contributed by atoms with Gasteiger partial charge in [-0.1, -0.05) is 53.7 Å². The molecule has 1 N–H and O–H groups in total. The van der Waals surface area contributed by atoms with Crippen LogP contribution in [0.1, 0.15) is 11.1 Å². The summed E-state index contributed by atoms with van der Waals surface area (Å²) in [4.78, 5) is 0.304. The number of benzene rings is 2. The summed E-state index contributed by atoms with van der Waals surface area (Å²) in [6.45, 7) is 0. The molecule has 4 nitrogen and oxygen atoms in total. The van der Waals surface area contributed by atoms with Crippen molar-refractivity contribution in [3.8, 4) is 0 Å². The van der Waals surface area contributed by atoms with E-state index in [1.165, 1.54) is 12.1 Å². The standard InChI is InChI=1S/C15H11NO3S/c17-16-13-10-15(11-6-2-1-3-7-11)20(18,19)14-9-5-4-8-12(13)14/h1-10,17H/b16-13+. The third-order valence-corrected chi connectivity index (χ3v) is 5.04. The SMILES string of the molecule is O=S1(=O)C(c2ccccc2)=C/C(=N\O)c2ccccc21. The normalized spacial score (nSPS) is 18.4. The molecule has 0 amide bonds. The molecule has 0 bridgehead atoms. The Bertz CT molecular complexity index is 821.